The fourth-order valence-electron chi connectivity index (χ4n) is 3.12. The number of anilines is 3. The Bertz CT molecular complexity index is 647. The molecule has 1 fully saturated rings. The van der Waals surface area contributed by atoms with Gasteiger partial charge in [0.05, 0.1) is 24.6 Å². The standard InChI is InChI=1S/C19H29N5O/c1-13(20)3-4-15(11-14(2)21)19-22-17-6-5-16(12-18(17)23-19)24-7-9-25-10-8-24/h3-6,11-14,19,22-23H,7-10,20-21H2,1-2H3/b4-3-,15-11+/t13?,14-,19?/m0/s1. The van der Waals surface area contributed by atoms with Gasteiger partial charge >= 0.3 is 0 Å². The van der Waals surface area contributed by atoms with Crippen LogP contribution in [0.15, 0.2) is 42.0 Å². The van der Waals surface area contributed by atoms with Gasteiger partial charge in [-0.05, 0) is 37.6 Å². The Morgan fingerprint density at radius 2 is 1.88 bits per heavy atom. The van der Waals surface area contributed by atoms with Gasteiger partial charge < -0.3 is 31.7 Å². The summed E-state index contributed by atoms with van der Waals surface area (Å²) in [4.78, 5) is 2.35. The van der Waals surface area contributed by atoms with Gasteiger partial charge in [-0.25, -0.2) is 0 Å². The van der Waals surface area contributed by atoms with Gasteiger partial charge in [0, 0.05) is 30.9 Å². The Morgan fingerprint density at radius 3 is 2.56 bits per heavy atom. The Hall–Kier alpha value is -2.02. The van der Waals surface area contributed by atoms with Crippen molar-refractivity contribution in [2.45, 2.75) is 32.1 Å². The first-order chi connectivity index (χ1) is 12.0. The number of nitrogens with one attached hydrogen (secondary N) is 2. The number of hydrogen-bond donors (Lipinski definition) is 4. The Labute approximate surface area is 149 Å². The third-order valence-electron chi connectivity index (χ3n) is 4.36. The molecule has 6 heteroatoms. The molecule has 1 aromatic rings. The average Bonchev–Trinajstić information content (AvgIpc) is 3.02. The first-order valence-corrected chi connectivity index (χ1v) is 8.94. The zero-order valence-electron chi connectivity index (χ0n) is 15.0. The molecule has 3 atom stereocenters. The second-order valence-electron chi connectivity index (χ2n) is 6.80. The zero-order chi connectivity index (χ0) is 17.8. The van der Waals surface area contributed by atoms with Crippen molar-refractivity contribution in [2.75, 3.05) is 41.8 Å². The van der Waals surface area contributed by atoms with Crippen LogP contribution in [0.25, 0.3) is 0 Å². The highest BCUT2D eigenvalue weighted by Crippen LogP contribution is 2.35. The highest BCUT2D eigenvalue weighted by atomic mass is 16.5. The van der Waals surface area contributed by atoms with Gasteiger partial charge in [0.2, 0.25) is 0 Å². The van der Waals surface area contributed by atoms with Crippen molar-refractivity contribution < 1.29 is 4.74 Å². The topological polar surface area (TPSA) is 88.6 Å². The highest BCUT2D eigenvalue weighted by molar-refractivity contribution is 5.80. The van der Waals surface area contributed by atoms with E-state index in [2.05, 4.69) is 39.8 Å². The van der Waals surface area contributed by atoms with Crippen molar-refractivity contribution in [2.24, 2.45) is 11.5 Å². The van der Waals surface area contributed by atoms with Crippen molar-refractivity contribution in [3.63, 3.8) is 0 Å². The quantitative estimate of drug-likeness (QED) is 0.611. The smallest absolute Gasteiger partial charge is 0.123 e. The van der Waals surface area contributed by atoms with E-state index in [0.29, 0.717) is 0 Å². The van der Waals surface area contributed by atoms with Crippen LogP contribution in [-0.2, 0) is 4.74 Å². The number of morpholine rings is 1. The largest absolute Gasteiger partial charge is 0.378 e. The van der Waals surface area contributed by atoms with Gasteiger partial charge in [-0.2, -0.15) is 0 Å². The molecule has 6 nitrogen and oxygen atoms in total. The third kappa shape index (κ3) is 4.54. The summed E-state index contributed by atoms with van der Waals surface area (Å²) in [6.07, 6.45) is 6.09. The summed E-state index contributed by atoms with van der Waals surface area (Å²) in [5, 5.41) is 7.08. The fourth-order valence-corrected chi connectivity index (χ4v) is 3.12. The predicted octanol–water partition coefficient (Wildman–Crippen LogP) is 1.86. The minimum atomic E-state index is -0.0241. The van der Waals surface area contributed by atoms with Crippen molar-refractivity contribution in [1.82, 2.24) is 0 Å². The molecule has 2 aliphatic rings. The lowest BCUT2D eigenvalue weighted by Gasteiger charge is -2.29. The molecule has 0 amide bonds. The minimum Gasteiger partial charge on any atom is -0.378 e. The number of benzene rings is 1. The van der Waals surface area contributed by atoms with Gasteiger partial charge in [-0.15, -0.1) is 0 Å². The summed E-state index contributed by atoms with van der Waals surface area (Å²) in [5.41, 5.74) is 16.4. The molecule has 0 aliphatic carbocycles. The van der Waals surface area contributed by atoms with Crippen LogP contribution in [-0.4, -0.2) is 44.6 Å². The van der Waals surface area contributed by atoms with Crippen LogP contribution in [0.2, 0.25) is 0 Å². The molecule has 136 valence electrons. The summed E-state index contributed by atoms with van der Waals surface area (Å²) in [6.45, 7) is 7.37. The first-order valence-electron chi connectivity index (χ1n) is 8.94. The van der Waals surface area contributed by atoms with E-state index in [4.69, 9.17) is 16.2 Å². The molecule has 2 unspecified atom stereocenters. The second-order valence-corrected chi connectivity index (χ2v) is 6.80. The number of hydrogen-bond acceptors (Lipinski definition) is 6. The molecule has 0 aromatic heterocycles. The normalized spacial score (nSPS) is 23.1. The van der Waals surface area contributed by atoms with Gasteiger partial charge in [0.15, 0.2) is 0 Å². The molecule has 2 heterocycles. The van der Waals surface area contributed by atoms with Crippen molar-refractivity contribution in [3.05, 3.63) is 42.0 Å². The predicted molar refractivity (Wildman–Crippen MR) is 105 cm³/mol. The summed E-state index contributed by atoms with van der Waals surface area (Å²) < 4.78 is 5.44. The van der Waals surface area contributed by atoms with Crippen molar-refractivity contribution in [1.29, 1.82) is 0 Å². The number of fused-ring (bicyclic) bond motifs is 1. The van der Waals surface area contributed by atoms with Crippen LogP contribution in [0.5, 0.6) is 0 Å². The van der Waals surface area contributed by atoms with Crippen LogP contribution >= 0.6 is 0 Å². The maximum absolute atomic E-state index is 5.98. The van der Waals surface area contributed by atoms with Crippen LogP contribution in [0, 0.1) is 0 Å². The molecule has 1 aromatic carbocycles. The van der Waals surface area contributed by atoms with E-state index in [9.17, 15) is 0 Å². The van der Waals surface area contributed by atoms with Crippen LogP contribution < -0.4 is 27.0 Å². The van der Waals surface area contributed by atoms with E-state index in [1.54, 1.807) is 0 Å². The lowest BCUT2D eigenvalue weighted by Crippen LogP contribution is -2.36. The van der Waals surface area contributed by atoms with Gasteiger partial charge in [0.1, 0.15) is 6.17 Å². The van der Waals surface area contributed by atoms with Crippen LogP contribution in [0.1, 0.15) is 13.8 Å². The van der Waals surface area contributed by atoms with Gasteiger partial charge in [0.25, 0.3) is 0 Å². The van der Waals surface area contributed by atoms with E-state index in [1.165, 1.54) is 5.69 Å². The van der Waals surface area contributed by atoms with Gasteiger partial charge in [-0.1, -0.05) is 18.2 Å². The number of ether oxygens (including phenoxy) is 1. The summed E-state index contributed by atoms with van der Waals surface area (Å²) in [7, 11) is 0. The average molecular weight is 343 g/mol. The lowest BCUT2D eigenvalue weighted by atomic mass is 10.1. The summed E-state index contributed by atoms with van der Waals surface area (Å²) in [6, 6.07) is 6.48. The molecular weight excluding hydrogens is 314 g/mol. The second kappa shape index (κ2) is 7.91. The van der Waals surface area contributed by atoms with Gasteiger partial charge in [-0.3, -0.25) is 0 Å². The fraction of sp³-hybridized carbons (Fsp3) is 0.474. The third-order valence-corrected chi connectivity index (χ3v) is 4.36. The molecular formula is C19H29N5O. The van der Waals surface area contributed by atoms with Crippen LogP contribution in [0.3, 0.4) is 0 Å². The molecule has 0 radical (unpaired) electrons. The van der Waals surface area contributed by atoms with E-state index in [0.717, 1.165) is 43.3 Å². The van der Waals surface area contributed by atoms with Crippen molar-refractivity contribution in [3.8, 4) is 0 Å². The molecule has 2 aliphatic heterocycles. The Morgan fingerprint density at radius 1 is 1.16 bits per heavy atom. The lowest BCUT2D eigenvalue weighted by molar-refractivity contribution is 0.122. The Kier molecular flexibility index (Phi) is 5.63. The summed E-state index contributed by atoms with van der Waals surface area (Å²) in [5.74, 6) is 0. The van der Waals surface area contributed by atoms with Crippen molar-refractivity contribution >= 4 is 17.1 Å². The minimum absolute atomic E-state index is 0.00376. The molecule has 0 spiro atoms. The SMILES string of the molecule is CC(N)/C=C\C(=C/[C@H](C)N)C1Nc2ccc(N3CCOCC3)cc2N1. The van der Waals surface area contributed by atoms with E-state index < -0.39 is 0 Å². The maximum Gasteiger partial charge on any atom is 0.123 e. The maximum atomic E-state index is 5.98. The number of rotatable bonds is 5. The first kappa shape index (κ1) is 17.8. The highest BCUT2D eigenvalue weighted by Gasteiger charge is 2.23. The monoisotopic (exact) mass is 343 g/mol. The van der Waals surface area contributed by atoms with Crippen LogP contribution in [0.4, 0.5) is 17.1 Å². The number of nitrogens with zero attached hydrogens (tertiary/aromatic N) is 1. The van der Waals surface area contributed by atoms with E-state index in [-0.39, 0.29) is 18.2 Å². The molecule has 3 rings (SSSR count). The Balaban J connectivity index is 1.77. The molecule has 0 bridgehead atoms. The molecule has 6 N–H and O–H groups in total. The van der Waals surface area contributed by atoms with E-state index >= 15 is 0 Å². The number of nitrogens with two attached hydrogens (primary N) is 2. The molecule has 1 saturated heterocycles. The van der Waals surface area contributed by atoms with E-state index in [1.807, 2.05) is 26.0 Å². The molecule has 25 heavy (non-hydrogen) atoms. The molecule has 0 saturated carbocycles. The summed E-state index contributed by atoms with van der Waals surface area (Å²) >= 11 is 0. The zero-order valence-corrected chi connectivity index (χ0v) is 15.0.